The van der Waals surface area contributed by atoms with Crippen molar-refractivity contribution < 1.29 is 4.79 Å². The van der Waals surface area contributed by atoms with E-state index in [9.17, 15) is 4.79 Å². The summed E-state index contributed by atoms with van der Waals surface area (Å²) < 4.78 is 2.16. The zero-order valence-electron chi connectivity index (χ0n) is 18.0. The lowest BCUT2D eigenvalue weighted by Gasteiger charge is -2.10. The van der Waals surface area contributed by atoms with Gasteiger partial charge in [0.15, 0.2) is 0 Å². The molecule has 0 spiro atoms. The maximum atomic E-state index is 12.7. The average Bonchev–Trinajstić information content (AvgIpc) is 3.16. The van der Waals surface area contributed by atoms with Gasteiger partial charge < -0.3 is 4.57 Å². The summed E-state index contributed by atoms with van der Waals surface area (Å²) in [6.07, 6.45) is 1.74. The van der Waals surface area contributed by atoms with E-state index in [0.29, 0.717) is 5.56 Å². The molecule has 156 valence electrons. The van der Waals surface area contributed by atoms with Crippen molar-refractivity contribution in [2.24, 2.45) is 5.10 Å². The van der Waals surface area contributed by atoms with Crippen LogP contribution in [0.25, 0.3) is 27.2 Å². The largest absolute Gasteiger partial charge is 0.319 e. The minimum atomic E-state index is -0.238. The van der Waals surface area contributed by atoms with E-state index in [1.54, 1.807) is 6.21 Å². The molecule has 1 N–H and O–H groups in total. The van der Waals surface area contributed by atoms with Crippen molar-refractivity contribution in [2.45, 2.75) is 13.8 Å². The molecule has 32 heavy (non-hydrogen) atoms. The molecule has 0 saturated heterocycles. The summed E-state index contributed by atoms with van der Waals surface area (Å²) in [6, 6.07) is 30.3. The van der Waals surface area contributed by atoms with Gasteiger partial charge in [-0.2, -0.15) is 5.10 Å². The fraction of sp³-hybridized carbons (Fsp3) is 0.0714. The maximum absolute atomic E-state index is 12.7. The van der Waals surface area contributed by atoms with Crippen LogP contribution in [0.3, 0.4) is 0 Å². The Hall–Kier alpha value is -4.18. The highest BCUT2D eigenvalue weighted by atomic mass is 16.2. The fourth-order valence-electron chi connectivity index (χ4n) is 4.25. The number of hydrogen-bond acceptors (Lipinski definition) is 2. The standard InChI is InChI=1S/C28H23N3O/c1-19-11-12-20(2)31(19)24-15-13-21(14-16-24)28(32)30-29-18-27-25-9-5-3-7-22(25)17-23-8-4-6-10-26(23)27/h3-18H,1-2H3,(H,30,32)/b29-18+. The zero-order chi connectivity index (χ0) is 22.1. The number of benzene rings is 4. The van der Waals surface area contributed by atoms with E-state index in [2.05, 4.69) is 71.4 Å². The average molecular weight is 418 g/mol. The summed E-state index contributed by atoms with van der Waals surface area (Å²) in [7, 11) is 0. The Labute approximate surface area is 186 Å². The Balaban J connectivity index is 1.41. The quantitative estimate of drug-likeness (QED) is 0.212. The molecule has 1 heterocycles. The fourth-order valence-corrected chi connectivity index (χ4v) is 4.25. The summed E-state index contributed by atoms with van der Waals surface area (Å²) in [5.74, 6) is -0.238. The second-order valence-corrected chi connectivity index (χ2v) is 7.93. The molecule has 1 amide bonds. The van der Waals surface area contributed by atoms with Crippen LogP contribution in [0.2, 0.25) is 0 Å². The van der Waals surface area contributed by atoms with Crippen molar-refractivity contribution in [1.29, 1.82) is 0 Å². The molecule has 4 heteroatoms. The molecular formula is C28H23N3O. The van der Waals surface area contributed by atoms with Crippen molar-refractivity contribution in [3.05, 3.63) is 114 Å². The van der Waals surface area contributed by atoms with Gasteiger partial charge in [-0.05, 0) is 77.9 Å². The highest BCUT2D eigenvalue weighted by molar-refractivity contribution is 6.13. The normalized spacial score (nSPS) is 11.4. The third-order valence-corrected chi connectivity index (χ3v) is 5.83. The number of fused-ring (bicyclic) bond motifs is 2. The Morgan fingerprint density at radius 2 is 1.34 bits per heavy atom. The predicted octanol–water partition coefficient (Wildman–Crippen LogP) is 6.16. The van der Waals surface area contributed by atoms with Crippen LogP contribution in [-0.2, 0) is 0 Å². The van der Waals surface area contributed by atoms with Crippen LogP contribution in [0.5, 0.6) is 0 Å². The molecular weight excluding hydrogens is 394 g/mol. The smallest absolute Gasteiger partial charge is 0.271 e. The summed E-state index contributed by atoms with van der Waals surface area (Å²) in [5, 5.41) is 8.78. The third kappa shape index (κ3) is 3.56. The molecule has 1 aromatic heterocycles. The Morgan fingerprint density at radius 1 is 0.781 bits per heavy atom. The predicted molar refractivity (Wildman–Crippen MR) is 132 cm³/mol. The highest BCUT2D eigenvalue weighted by Crippen LogP contribution is 2.27. The van der Waals surface area contributed by atoms with Gasteiger partial charge in [-0.1, -0.05) is 48.5 Å². The van der Waals surface area contributed by atoms with Gasteiger partial charge in [0.1, 0.15) is 0 Å². The number of rotatable bonds is 4. The van der Waals surface area contributed by atoms with Gasteiger partial charge in [0, 0.05) is 28.2 Å². The van der Waals surface area contributed by atoms with Crippen LogP contribution in [0.15, 0.2) is 96.1 Å². The van der Waals surface area contributed by atoms with Crippen molar-refractivity contribution in [3.8, 4) is 5.69 Å². The number of carbonyl (C=O) groups is 1. The van der Waals surface area contributed by atoms with Gasteiger partial charge in [-0.25, -0.2) is 5.43 Å². The molecule has 5 aromatic rings. The van der Waals surface area contributed by atoms with Crippen LogP contribution in [0.4, 0.5) is 0 Å². The van der Waals surface area contributed by atoms with Crippen LogP contribution in [0, 0.1) is 13.8 Å². The summed E-state index contributed by atoms with van der Waals surface area (Å²) in [5.41, 5.74) is 7.59. The van der Waals surface area contributed by atoms with E-state index in [0.717, 1.165) is 44.2 Å². The first-order valence-electron chi connectivity index (χ1n) is 10.6. The summed E-state index contributed by atoms with van der Waals surface area (Å²) >= 11 is 0. The first-order valence-corrected chi connectivity index (χ1v) is 10.6. The van der Waals surface area contributed by atoms with E-state index < -0.39 is 0 Å². The molecule has 0 bridgehead atoms. The number of hydrogen-bond donors (Lipinski definition) is 1. The molecule has 0 aliphatic carbocycles. The number of aryl methyl sites for hydroxylation is 2. The van der Waals surface area contributed by atoms with Gasteiger partial charge in [0.25, 0.3) is 5.91 Å². The lowest BCUT2D eigenvalue weighted by atomic mass is 9.97. The van der Waals surface area contributed by atoms with E-state index in [1.807, 2.05) is 48.5 Å². The molecule has 0 fully saturated rings. The summed E-state index contributed by atoms with van der Waals surface area (Å²) in [4.78, 5) is 12.7. The zero-order valence-corrected chi connectivity index (χ0v) is 18.0. The second kappa shape index (κ2) is 8.16. The van der Waals surface area contributed by atoms with Crippen molar-refractivity contribution in [3.63, 3.8) is 0 Å². The van der Waals surface area contributed by atoms with Crippen molar-refractivity contribution in [1.82, 2.24) is 9.99 Å². The maximum Gasteiger partial charge on any atom is 0.271 e. The molecule has 4 nitrogen and oxygen atoms in total. The first kappa shape index (κ1) is 19.8. The molecule has 0 atom stereocenters. The van der Waals surface area contributed by atoms with Crippen LogP contribution < -0.4 is 5.43 Å². The van der Waals surface area contributed by atoms with Crippen molar-refractivity contribution >= 4 is 33.7 Å². The van der Waals surface area contributed by atoms with Crippen LogP contribution in [-0.4, -0.2) is 16.7 Å². The molecule has 0 saturated carbocycles. The van der Waals surface area contributed by atoms with E-state index in [1.165, 1.54) is 0 Å². The number of nitrogens with one attached hydrogen (secondary N) is 1. The number of carbonyl (C=O) groups excluding carboxylic acids is 1. The van der Waals surface area contributed by atoms with Gasteiger partial charge in [-0.15, -0.1) is 0 Å². The van der Waals surface area contributed by atoms with E-state index >= 15 is 0 Å². The summed E-state index contributed by atoms with van der Waals surface area (Å²) in [6.45, 7) is 4.14. The van der Waals surface area contributed by atoms with Gasteiger partial charge in [0.05, 0.1) is 6.21 Å². The number of aromatic nitrogens is 1. The van der Waals surface area contributed by atoms with Crippen LogP contribution >= 0.6 is 0 Å². The topological polar surface area (TPSA) is 46.4 Å². The van der Waals surface area contributed by atoms with Gasteiger partial charge in [-0.3, -0.25) is 4.79 Å². The SMILES string of the molecule is Cc1ccc(C)n1-c1ccc(C(=O)N/N=C/c2c3ccccc3cc3ccccc23)cc1. The molecule has 5 rings (SSSR count). The highest BCUT2D eigenvalue weighted by Gasteiger charge is 2.08. The monoisotopic (exact) mass is 417 g/mol. The number of nitrogens with zero attached hydrogens (tertiary/aromatic N) is 2. The van der Waals surface area contributed by atoms with Crippen LogP contribution in [0.1, 0.15) is 27.3 Å². The first-order chi connectivity index (χ1) is 15.6. The Kier molecular flexibility index (Phi) is 5.04. The number of amides is 1. The molecule has 0 aliphatic rings. The number of hydrazone groups is 1. The van der Waals surface area contributed by atoms with Crippen molar-refractivity contribution in [2.75, 3.05) is 0 Å². The molecule has 4 aromatic carbocycles. The minimum Gasteiger partial charge on any atom is -0.319 e. The lowest BCUT2D eigenvalue weighted by Crippen LogP contribution is -2.17. The Morgan fingerprint density at radius 3 is 1.94 bits per heavy atom. The molecule has 0 aliphatic heterocycles. The lowest BCUT2D eigenvalue weighted by molar-refractivity contribution is 0.0955. The van der Waals surface area contributed by atoms with E-state index in [4.69, 9.17) is 0 Å². The molecule has 0 unspecified atom stereocenters. The third-order valence-electron chi connectivity index (χ3n) is 5.83. The Bertz CT molecular complexity index is 1400. The second-order valence-electron chi connectivity index (χ2n) is 7.93. The minimum absolute atomic E-state index is 0.238. The van der Waals surface area contributed by atoms with Gasteiger partial charge in [0.2, 0.25) is 0 Å². The molecule has 0 radical (unpaired) electrons. The van der Waals surface area contributed by atoms with Gasteiger partial charge >= 0.3 is 0 Å². The van der Waals surface area contributed by atoms with E-state index in [-0.39, 0.29) is 5.91 Å².